The summed E-state index contributed by atoms with van der Waals surface area (Å²) in [5, 5.41) is 15.2. The quantitative estimate of drug-likeness (QED) is 0.795. The van der Waals surface area contributed by atoms with Crippen LogP contribution in [0.4, 0.5) is 14.9 Å². The molecule has 6 heteroatoms. The van der Waals surface area contributed by atoms with Crippen LogP contribution in [-0.2, 0) is 0 Å². The van der Waals surface area contributed by atoms with Crippen LogP contribution in [0, 0.1) is 5.82 Å². The third kappa shape index (κ3) is 4.20. The predicted molar refractivity (Wildman–Crippen MR) is 81.4 cm³/mol. The van der Waals surface area contributed by atoms with Crippen LogP contribution in [0.3, 0.4) is 0 Å². The van der Waals surface area contributed by atoms with E-state index in [-0.39, 0.29) is 12.4 Å². The van der Waals surface area contributed by atoms with Crippen molar-refractivity contribution in [2.24, 2.45) is 0 Å². The summed E-state index contributed by atoms with van der Waals surface area (Å²) in [4.78, 5) is 11.7. The number of aliphatic hydroxyl groups excluding tert-OH is 1. The molecule has 3 N–H and O–H groups in total. The Morgan fingerprint density at radius 2 is 1.91 bits per heavy atom. The second kappa shape index (κ2) is 7.42. The Kier molecular flexibility index (Phi) is 5.32. The summed E-state index contributed by atoms with van der Waals surface area (Å²) in [6.07, 6.45) is -0.893. The number of ether oxygens (including phenoxy) is 1. The molecular formula is C16H17FN2O3. The maximum absolute atomic E-state index is 12.8. The first-order valence-electron chi connectivity index (χ1n) is 6.71. The molecule has 0 aliphatic heterocycles. The van der Waals surface area contributed by atoms with Crippen LogP contribution in [0.1, 0.15) is 11.7 Å². The standard InChI is InChI=1S/C16H17FN2O3/c1-22-15-5-3-2-4-13(15)14(20)10-18-16(21)19-12-8-6-11(17)7-9-12/h2-9,14,20H,10H2,1H3,(H2,18,19,21)/t14-/m0/s1. The maximum Gasteiger partial charge on any atom is 0.319 e. The highest BCUT2D eigenvalue weighted by Crippen LogP contribution is 2.24. The van der Waals surface area contributed by atoms with Crippen LogP contribution in [0.5, 0.6) is 5.75 Å². The van der Waals surface area contributed by atoms with Gasteiger partial charge in [-0.25, -0.2) is 9.18 Å². The third-order valence-electron chi connectivity index (χ3n) is 3.06. The van der Waals surface area contributed by atoms with Crippen LogP contribution in [0.15, 0.2) is 48.5 Å². The average molecular weight is 304 g/mol. The highest BCUT2D eigenvalue weighted by atomic mass is 19.1. The number of hydrogen-bond acceptors (Lipinski definition) is 3. The first kappa shape index (κ1) is 15.8. The lowest BCUT2D eigenvalue weighted by Crippen LogP contribution is -2.32. The fraction of sp³-hybridized carbons (Fsp3) is 0.188. The SMILES string of the molecule is COc1ccccc1[C@@H](O)CNC(=O)Nc1ccc(F)cc1. The number of nitrogens with one attached hydrogen (secondary N) is 2. The average Bonchev–Trinajstić information content (AvgIpc) is 2.54. The van der Waals surface area contributed by atoms with Gasteiger partial charge in [0.05, 0.1) is 13.2 Å². The number of carbonyl (C=O) groups is 1. The van der Waals surface area contributed by atoms with Crippen molar-refractivity contribution in [3.05, 3.63) is 59.9 Å². The summed E-state index contributed by atoms with van der Waals surface area (Å²) in [7, 11) is 1.51. The number of urea groups is 1. The lowest BCUT2D eigenvalue weighted by molar-refractivity contribution is 0.171. The molecule has 0 heterocycles. The monoisotopic (exact) mass is 304 g/mol. The number of rotatable bonds is 5. The van der Waals surface area contributed by atoms with Crippen molar-refractivity contribution in [1.82, 2.24) is 5.32 Å². The Hall–Kier alpha value is -2.60. The molecule has 2 amide bonds. The first-order valence-corrected chi connectivity index (χ1v) is 6.71. The van der Waals surface area contributed by atoms with E-state index in [1.54, 1.807) is 24.3 Å². The van der Waals surface area contributed by atoms with E-state index in [1.165, 1.54) is 31.4 Å². The number of benzene rings is 2. The smallest absolute Gasteiger partial charge is 0.319 e. The lowest BCUT2D eigenvalue weighted by Gasteiger charge is -2.15. The van der Waals surface area contributed by atoms with E-state index >= 15 is 0 Å². The Labute approximate surface area is 127 Å². The lowest BCUT2D eigenvalue weighted by atomic mass is 10.1. The van der Waals surface area contributed by atoms with E-state index in [9.17, 15) is 14.3 Å². The van der Waals surface area contributed by atoms with Crippen LogP contribution in [-0.4, -0.2) is 24.8 Å². The van der Waals surface area contributed by atoms with Crippen LogP contribution in [0.2, 0.25) is 0 Å². The zero-order chi connectivity index (χ0) is 15.9. The summed E-state index contributed by atoms with van der Waals surface area (Å²) in [5.74, 6) is 0.174. The largest absolute Gasteiger partial charge is 0.496 e. The summed E-state index contributed by atoms with van der Waals surface area (Å²) in [5.41, 5.74) is 1.05. The molecule has 0 aliphatic rings. The first-order chi connectivity index (χ1) is 10.6. The van der Waals surface area contributed by atoms with E-state index in [0.717, 1.165) is 0 Å². The van der Waals surface area contributed by atoms with Gasteiger partial charge in [-0.2, -0.15) is 0 Å². The second-order valence-corrected chi connectivity index (χ2v) is 4.60. The Morgan fingerprint density at radius 3 is 2.59 bits per heavy atom. The van der Waals surface area contributed by atoms with E-state index in [0.29, 0.717) is 17.0 Å². The van der Waals surface area contributed by atoms with Crippen LogP contribution in [0.25, 0.3) is 0 Å². The fourth-order valence-electron chi connectivity index (χ4n) is 1.95. The molecule has 0 bridgehead atoms. The van der Waals surface area contributed by atoms with E-state index in [2.05, 4.69) is 10.6 Å². The minimum Gasteiger partial charge on any atom is -0.496 e. The van der Waals surface area contributed by atoms with Crippen molar-refractivity contribution in [1.29, 1.82) is 0 Å². The zero-order valence-electron chi connectivity index (χ0n) is 12.0. The van der Waals surface area contributed by atoms with Gasteiger partial charge in [-0.15, -0.1) is 0 Å². The minimum atomic E-state index is -0.893. The van der Waals surface area contributed by atoms with Crippen LogP contribution < -0.4 is 15.4 Å². The maximum atomic E-state index is 12.8. The molecule has 0 fully saturated rings. The van der Waals surface area contributed by atoms with E-state index in [4.69, 9.17) is 4.74 Å². The molecule has 116 valence electrons. The highest BCUT2D eigenvalue weighted by Gasteiger charge is 2.13. The van der Waals surface area contributed by atoms with Crippen molar-refractivity contribution < 1.29 is 19.0 Å². The molecule has 0 unspecified atom stereocenters. The van der Waals surface area contributed by atoms with Crippen molar-refractivity contribution in [2.45, 2.75) is 6.10 Å². The normalized spacial score (nSPS) is 11.6. The Morgan fingerprint density at radius 1 is 1.23 bits per heavy atom. The van der Waals surface area contributed by atoms with Gasteiger partial charge in [-0.3, -0.25) is 0 Å². The third-order valence-corrected chi connectivity index (χ3v) is 3.06. The predicted octanol–water partition coefficient (Wildman–Crippen LogP) is 2.69. The van der Waals surface area contributed by atoms with Gasteiger partial charge in [0.1, 0.15) is 11.6 Å². The molecule has 0 saturated heterocycles. The molecule has 0 aliphatic carbocycles. The molecule has 0 radical (unpaired) electrons. The van der Waals surface area contributed by atoms with E-state index in [1.807, 2.05) is 0 Å². The number of anilines is 1. The molecule has 0 spiro atoms. The molecule has 5 nitrogen and oxygen atoms in total. The molecule has 2 aromatic carbocycles. The molecular weight excluding hydrogens is 287 g/mol. The number of hydrogen-bond donors (Lipinski definition) is 3. The zero-order valence-corrected chi connectivity index (χ0v) is 12.0. The van der Waals surface area contributed by atoms with Gasteiger partial charge in [-0.1, -0.05) is 18.2 Å². The van der Waals surface area contributed by atoms with Gasteiger partial charge in [0.25, 0.3) is 0 Å². The van der Waals surface area contributed by atoms with Gasteiger partial charge in [0.15, 0.2) is 0 Å². The summed E-state index contributed by atoms with van der Waals surface area (Å²) >= 11 is 0. The van der Waals surface area contributed by atoms with Gasteiger partial charge in [0.2, 0.25) is 0 Å². The molecule has 0 aromatic heterocycles. The summed E-state index contributed by atoms with van der Waals surface area (Å²) in [6, 6.07) is 11.9. The van der Waals surface area contributed by atoms with E-state index < -0.39 is 12.1 Å². The molecule has 2 rings (SSSR count). The number of amides is 2. The molecule has 1 atom stereocenters. The van der Waals surface area contributed by atoms with Crippen molar-refractivity contribution >= 4 is 11.7 Å². The van der Waals surface area contributed by atoms with Crippen molar-refractivity contribution in [3.8, 4) is 5.75 Å². The highest BCUT2D eigenvalue weighted by molar-refractivity contribution is 5.89. The fourth-order valence-corrected chi connectivity index (χ4v) is 1.95. The molecule has 22 heavy (non-hydrogen) atoms. The summed E-state index contributed by atoms with van der Waals surface area (Å²) < 4.78 is 17.9. The van der Waals surface area contributed by atoms with Gasteiger partial charge in [0, 0.05) is 17.8 Å². The number of aliphatic hydroxyl groups is 1. The summed E-state index contributed by atoms with van der Waals surface area (Å²) in [6.45, 7) is 0.0212. The Balaban J connectivity index is 1.89. The number of halogens is 1. The van der Waals surface area contributed by atoms with Crippen molar-refractivity contribution in [2.75, 3.05) is 19.0 Å². The van der Waals surface area contributed by atoms with Gasteiger partial charge < -0.3 is 20.5 Å². The minimum absolute atomic E-state index is 0.0212. The second-order valence-electron chi connectivity index (χ2n) is 4.60. The Bertz CT molecular complexity index is 632. The number of para-hydroxylation sites is 1. The van der Waals surface area contributed by atoms with Crippen LogP contribution >= 0.6 is 0 Å². The number of carbonyl (C=O) groups excluding carboxylic acids is 1. The van der Waals surface area contributed by atoms with Gasteiger partial charge in [-0.05, 0) is 30.3 Å². The van der Waals surface area contributed by atoms with Crippen molar-refractivity contribution in [3.63, 3.8) is 0 Å². The molecule has 2 aromatic rings. The number of methoxy groups -OCH3 is 1. The molecule has 0 saturated carbocycles. The van der Waals surface area contributed by atoms with Gasteiger partial charge >= 0.3 is 6.03 Å². The topological polar surface area (TPSA) is 70.6 Å².